The standard InChI is InChI=1S/C19H19FN4O4/c1-11(25)22-9-15-10-24(19(27)28-15)14-6-7-16(17(20)8-14)12-2-4-13(5-3-12)18(26)23-21/h2-8,15H,9-10,21H2,1H3,(H,22,25)(H,23,26). The van der Waals surface area contributed by atoms with Crippen LogP contribution in [0.3, 0.4) is 0 Å². The Bertz CT molecular complexity index is 917. The van der Waals surface area contributed by atoms with E-state index in [4.69, 9.17) is 10.6 Å². The molecule has 0 aromatic heterocycles. The van der Waals surface area contributed by atoms with Crippen molar-refractivity contribution in [2.24, 2.45) is 5.84 Å². The van der Waals surface area contributed by atoms with Crippen molar-refractivity contribution in [3.05, 3.63) is 53.8 Å². The van der Waals surface area contributed by atoms with Crippen LogP contribution in [0.4, 0.5) is 14.9 Å². The van der Waals surface area contributed by atoms with Gasteiger partial charge in [0.25, 0.3) is 5.91 Å². The van der Waals surface area contributed by atoms with Gasteiger partial charge < -0.3 is 10.1 Å². The number of rotatable bonds is 5. The Kier molecular flexibility index (Phi) is 5.55. The molecule has 0 bridgehead atoms. The number of anilines is 1. The van der Waals surface area contributed by atoms with Crippen molar-refractivity contribution in [1.82, 2.24) is 10.7 Å². The summed E-state index contributed by atoms with van der Waals surface area (Å²) in [6.45, 7) is 1.78. The number of halogens is 1. The summed E-state index contributed by atoms with van der Waals surface area (Å²) in [6.07, 6.45) is -1.10. The van der Waals surface area contributed by atoms with E-state index in [1.807, 2.05) is 5.43 Å². The Labute approximate surface area is 160 Å². The number of nitrogens with zero attached hydrogens (tertiary/aromatic N) is 1. The molecule has 8 nitrogen and oxygen atoms in total. The monoisotopic (exact) mass is 386 g/mol. The van der Waals surface area contributed by atoms with Gasteiger partial charge in [-0.1, -0.05) is 12.1 Å². The number of cyclic esters (lactones) is 1. The van der Waals surface area contributed by atoms with Crippen LogP contribution in [0.15, 0.2) is 42.5 Å². The van der Waals surface area contributed by atoms with Crippen LogP contribution in [-0.2, 0) is 9.53 Å². The Balaban J connectivity index is 1.76. The van der Waals surface area contributed by atoms with Crippen LogP contribution in [0.25, 0.3) is 11.1 Å². The first kappa shape index (κ1) is 19.3. The zero-order valence-corrected chi connectivity index (χ0v) is 15.1. The molecule has 1 saturated heterocycles. The zero-order valence-electron chi connectivity index (χ0n) is 15.1. The summed E-state index contributed by atoms with van der Waals surface area (Å²) in [6, 6.07) is 10.7. The number of nitrogens with one attached hydrogen (secondary N) is 2. The molecule has 3 amide bonds. The Morgan fingerprint density at radius 2 is 1.96 bits per heavy atom. The maximum Gasteiger partial charge on any atom is 0.414 e. The molecular formula is C19H19FN4O4. The minimum atomic E-state index is -0.598. The minimum Gasteiger partial charge on any atom is -0.442 e. The highest BCUT2D eigenvalue weighted by Crippen LogP contribution is 2.29. The Hall–Kier alpha value is -3.46. The molecule has 1 aliphatic rings. The van der Waals surface area contributed by atoms with Crippen molar-refractivity contribution in [2.45, 2.75) is 13.0 Å². The minimum absolute atomic E-state index is 0.195. The van der Waals surface area contributed by atoms with Gasteiger partial charge in [-0.2, -0.15) is 0 Å². The van der Waals surface area contributed by atoms with Crippen LogP contribution in [0.1, 0.15) is 17.3 Å². The van der Waals surface area contributed by atoms with Gasteiger partial charge in [-0.15, -0.1) is 0 Å². The van der Waals surface area contributed by atoms with Crippen molar-refractivity contribution in [1.29, 1.82) is 0 Å². The van der Waals surface area contributed by atoms with E-state index >= 15 is 0 Å². The zero-order chi connectivity index (χ0) is 20.3. The molecule has 0 aliphatic carbocycles. The van der Waals surface area contributed by atoms with Crippen LogP contribution < -0.4 is 21.5 Å². The average molecular weight is 386 g/mol. The molecule has 2 aromatic rings. The van der Waals surface area contributed by atoms with Gasteiger partial charge in [-0.05, 0) is 35.9 Å². The molecule has 0 spiro atoms. The van der Waals surface area contributed by atoms with Crippen LogP contribution in [0.5, 0.6) is 0 Å². The predicted octanol–water partition coefficient (Wildman–Crippen LogP) is 1.56. The van der Waals surface area contributed by atoms with Crippen molar-refractivity contribution >= 4 is 23.6 Å². The summed E-state index contributed by atoms with van der Waals surface area (Å²) < 4.78 is 19.8. The second-order valence-electron chi connectivity index (χ2n) is 6.27. The molecule has 146 valence electrons. The van der Waals surface area contributed by atoms with Crippen molar-refractivity contribution in [3.63, 3.8) is 0 Å². The molecule has 4 N–H and O–H groups in total. The lowest BCUT2D eigenvalue weighted by atomic mass is 10.0. The van der Waals surface area contributed by atoms with Gasteiger partial charge in [0.05, 0.1) is 18.8 Å². The highest BCUT2D eigenvalue weighted by molar-refractivity contribution is 5.94. The summed E-state index contributed by atoms with van der Waals surface area (Å²) in [5.41, 5.74) is 3.64. The third-order valence-electron chi connectivity index (χ3n) is 4.31. The Morgan fingerprint density at radius 1 is 1.25 bits per heavy atom. The van der Waals surface area contributed by atoms with E-state index in [1.165, 1.54) is 30.0 Å². The quantitative estimate of drug-likeness (QED) is 0.410. The number of nitrogen functional groups attached to an aromatic ring is 1. The maximum absolute atomic E-state index is 14.7. The van der Waals surface area contributed by atoms with E-state index in [1.54, 1.807) is 24.3 Å². The van der Waals surface area contributed by atoms with Gasteiger partial charge in [0.15, 0.2) is 0 Å². The number of amides is 3. The smallest absolute Gasteiger partial charge is 0.414 e. The fourth-order valence-corrected chi connectivity index (χ4v) is 2.89. The van der Waals surface area contributed by atoms with Crippen LogP contribution in [0, 0.1) is 5.82 Å². The summed E-state index contributed by atoms with van der Waals surface area (Å²) in [5, 5.41) is 2.59. The maximum atomic E-state index is 14.7. The average Bonchev–Trinajstić information content (AvgIpc) is 3.06. The van der Waals surface area contributed by atoms with Gasteiger partial charge in [0.1, 0.15) is 11.9 Å². The fourth-order valence-electron chi connectivity index (χ4n) is 2.89. The SMILES string of the molecule is CC(=O)NCC1CN(c2ccc(-c3ccc(C(=O)NN)cc3)c(F)c2)C(=O)O1. The molecule has 1 fully saturated rings. The van der Waals surface area contributed by atoms with E-state index in [0.29, 0.717) is 22.4 Å². The molecule has 1 aliphatic heterocycles. The topological polar surface area (TPSA) is 114 Å². The van der Waals surface area contributed by atoms with E-state index in [-0.39, 0.29) is 19.0 Å². The highest BCUT2D eigenvalue weighted by Gasteiger charge is 2.32. The number of hydrogen-bond donors (Lipinski definition) is 3. The van der Waals surface area contributed by atoms with Gasteiger partial charge in [0, 0.05) is 18.1 Å². The molecule has 1 unspecified atom stereocenters. The van der Waals surface area contributed by atoms with Gasteiger partial charge in [-0.3, -0.25) is 19.9 Å². The second-order valence-corrected chi connectivity index (χ2v) is 6.27. The van der Waals surface area contributed by atoms with Crippen LogP contribution in [0.2, 0.25) is 0 Å². The predicted molar refractivity (Wildman–Crippen MR) is 99.8 cm³/mol. The molecule has 28 heavy (non-hydrogen) atoms. The van der Waals surface area contributed by atoms with Crippen molar-refractivity contribution in [3.8, 4) is 11.1 Å². The highest BCUT2D eigenvalue weighted by atomic mass is 19.1. The summed E-state index contributed by atoms with van der Waals surface area (Å²) in [4.78, 5) is 35.8. The summed E-state index contributed by atoms with van der Waals surface area (Å²) in [7, 11) is 0. The molecule has 1 heterocycles. The summed E-state index contributed by atoms with van der Waals surface area (Å²) >= 11 is 0. The molecular weight excluding hydrogens is 367 g/mol. The largest absolute Gasteiger partial charge is 0.442 e. The van der Waals surface area contributed by atoms with Gasteiger partial charge in [-0.25, -0.2) is 15.0 Å². The first-order valence-electron chi connectivity index (χ1n) is 8.52. The van der Waals surface area contributed by atoms with E-state index in [2.05, 4.69) is 5.32 Å². The van der Waals surface area contributed by atoms with Crippen molar-refractivity contribution < 1.29 is 23.5 Å². The van der Waals surface area contributed by atoms with Crippen LogP contribution >= 0.6 is 0 Å². The van der Waals surface area contributed by atoms with Gasteiger partial charge >= 0.3 is 6.09 Å². The second kappa shape index (κ2) is 8.05. The van der Waals surface area contributed by atoms with E-state index in [9.17, 15) is 18.8 Å². The number of ether oxygens (including phenoxy) is 1. The van der Waals surface area contributed by atoms with E-state index in [0.717, 1.165) is 0 Å². The molecule has 2 aromatic carbocycles. The van der Waals surface area contributed by atoms with E-state index < -0.39 is 23.9 Å². The number of carbonyl (C=O) groups is 3. The molecule has 0 radical (unpaired) electrons. The lowest BCUT2D eigenvalue weighted by Gasteiger charge is -2.14. The number of hydrazine groups is 1. The Morgan fingerprint density at radius 3 is 2.57 bits per heavy atom. The number of hydrogen-bond acceptors (Lipinski definition) is 5. The molecule has 1 atom stereocenters. The number of carbonyl (C=O) groups excluding carboxylic acids is 3. The van der Waals surface area contributed by atoms with Crippen molar-refractivity contribution in [2.75, 3.05) is 18.0 Å². The normalized spacial score (nSPS) is 15.9. The lowest BCUT2D eigenvalue weighted by Crippen LogP contribution is -2.33. The number of nitrogens with two attached hydrogens (primary N) is 1. The van der Waals surface area contributed by atoms with Gasteiger partial charge in [0.2, 0.25) is 5.91 Å². The third-order valence-corrected chi connectivity index (χ3v) is 4.31. The molecule has 9 heteroatoms. The molecule has 0 saturated carbocycles. The summed E-state index contributed by atoms with van der Waals surface area (Å²) in [5.74, 6) is 3.90. The van der Waals surface area contributed by atoms with Crippen LogP contribution in [-0.4, -0.2) is 37.1 Å². The lowest BCUT2D eigenvalue weighted by molar-refractivity contribution is -0.119. The first-order chi connectivity index (χ1) is 13.4. The number of benzene rings is 2. The molecule has 3 rings (SSSR count). The fraction of sp³-hybridized carbons (Fsp3) is 0.211. The first-order valence-corrected chi connectivity index (χ1v) is 8.52. The third kappa shape index (κ3) is 4.09.